The molecule has 0 saturated carbocycles. The molecule has 5 rings (SSSR count). The molecule has 1 aromatic carbocycles. The van der Waals surface area contributed by atoms with Crippen molar-refractivity contribution in [3.8, 4) is 11.4 Å². The van der Waals surface area contributed by atoms with Gasteiger partial charge in [-0.1, -0.05) is 23.4 Å². The lowest BCUT2D eigenvalue weighted by Crippen LogP contribution is -2.49. The third kappa shape index (κ3) is 2.85. The summed E-state index contributed by atoms with van der Waals surface area (Å²) in [4.78, 5) is 23.0. The van der Waals surface area contributed by atoms with E-state index in [9.17, 15) is 4.79 Å². The molecule has 7 heteroatoms. The lowest BCUT2D eigenvalue weighted by Gasteiger charge is -2.37. The summed E-state index contributed by atoms with van der Waals surface area (Å²) in [5, 5.41) is 5.18. The van der Waals surface area contributed by atoms with Crippen LogP contribution in [0.2, 0.25) is 0 Å². The van der Waals surface area contributed by atoms with E-state index in [2.05, 4.69) is 31.8 Å². The Labute approximate surface area is 161 Å². The highest BCUT2D eigenvalue weighted by atomic mass is 16.5. The van der Waals surface area contributed by atoms with E-state index in [4.69, 9.17) is 4.52 Å². The third-order valence-corrected chi connectivity index (χ3v) is 5.28. The first kappa shape index (κ1) is 16.7. The van der Waals surface area contributed by atoms with Crippen LogP contribution in [0.3, 0.4) is 0 Å². The van der Waals surface area contributed by atoms with Gasteiger partial charge in [0.1, 0.15) is 0 Å². The van der Waals surface area contributed by atoms with Crippen LogP contribution in [0.1, 0.15) is 17.4 Å². The number of hydrogen-bond donors (Lipinski definition) is 0. The largest absolute Gasteiger partial charge is 0.350 e. The van der Waals surface area contributed by atoms with E-state index >= 15 is 0 Å². The number of nitrogens with zero attached hydrogens (tertiary/aromatic N) is 5. The summed E-state index contributed by atoms with van der Waals surface area (Å²) in [6.45, 7) is 1.23. The van der Waals surface area contributed by atoms with E-state index in [-0.39, 0.29) is 11.8 Å². The Kier molecular flexibility index (Phi) is 3.93. The molecule has 0 atom stereocenters. The number of likely N-dealkylation sites (tertiary alicyclic amines) is 1. The number of carbonyl (C=O) groups is 1. The first-order chi connectivity index (χ1) is 13.7. The number of pyridine rings is 1. The van der Waals surface area contributed by atoms with Crippen LogP contribution < -0.4 is 0 Å². The number of amides is 1. The molecule has 1 amide bonds. The first-order valence-electron chi connectivity index (χ1n) is 9.24. The van der Waals surface area contributed by atoms with Gasteiger partial charge in [0.05, 0.1) is 12.3 Å². The number of aromatic nitrogens is 4. The molecule has 1 aliphatic heterocycles. The lowest BCUT2D eigenvalue weighted by molar-refractivity contribution is -0.135. The van der Waals surface area contributed by atoms with Gasteiger partial charge < -0.3 is 14.0 Å². The molecular formula is C21H19N5O2. The van der Waals surface area contributed by atoms with Gasteiger partial charge >= 0.3 is 0 Å². The van der Waals surface area contributed by atoms with Gasteiger partial charge in [0.15, 0.2) is 0 Å². The normalized spacial score (nSPS) is 14.4. The van der Waals surface area contributed by atoms with Crippen LogP contribution in [0.25, 0.3) is 22.3 Å². The summed E-state index contributed by atoms with van der Waals surface area (Å²) in [5.41, 5.74) is 3.07. The molecule has 0 N–H and O–H groups in total. The van der Waals surface area contributed by atoms with Crippen molar-refractivity contribution in [3.05, 3.63) is 66.4 Å². The van der Waals surface area contributed by atoms with Crippen molar-refractivity contribution in [2.45, 2.75) is 12.3 Å². The minimum absolute atomic E-state index is 0.0968. The molecule has 7 nitrogen and oxygen atoms in total. The zero-order valence-electron chi connectivity index (χ0n) is 15.4. The number of carbonyl (C=O) groups excluding carboxylic acids is 1. The maximum Gasteiger partial charge on any atom is 0.233 e. The third-order valence-electron chi connectivity index (χ3n) is 5.28. The van der Waals surface area contributed by atoms with E-state index in [0.29, 0.717) is 31.2 Å². The number of fused-ring (bicyclic) bond motifs is 1. The van der Waals surface area contributed by atoms with Crippen molar-refractivity contribution < 1.29 is 9.32 Å². The molecule has 4 aromatic rings. The number of hydrogen-bond acceptors (Lipinski definition) is 5. The Morgan fingerprint density at radius 3 is 2.79 bits per heavy atom. The highest BCUT2D eigenvalue weighted by Crippen LogP contribution is 2.29. The topological polar surface area (TPSA) is 77.1 Å². The van der Waals surface area contributed by atoms with Crippen LogP contribution >= 0.6 is 0 Å². The maximum atomic E-state index is 12.7. The molecule has 0 radical (unpaired) electrons. The monoisotopic (exact) mass is 373 g/mol. The Morgan fingerprint density at radius 2 is 1.96 bits per heavy atom. The average Bonchev–Trinajstić information content (AvgIpc) is 3.28. The second kappa shape index (κ2) is 6.60. The zero-order chi connectivity index (χ0) is 19.1. The van der Waals surface area contributed by atoms with Crippen LogP contribution in [0.5, 0.6) is 0 Å². The van der Waals surface area contributed by atoms with E-state index < -0.39 is 0 Å². The fourth-order valence-electron chi connectivity index (χ4n) is 3.70. The lowest BCUT2D eigenvalue weighted by atomic mass is 9.98. The van der Waals surface area contributed by atoms with E-state index in [0.717, 1.165) is 22.0 Å². The van der Waals surface area contributed by atoms with E-state index in [1.165, 1.54) is 0 Å². The Hall–Kier alpha value is -3.48. The van der Waals surface area contributed by atoms with Crippen molar-refractivity contribution in [2.75, 3.05) is 13.1 Å². The minimum Gasteiger partial charge on any atom is -0.350 e. The molecule has 28 heavy (non-hydrogen) atoms. The Bertz CT molecular complexity index is 1140. The fourth-order valence-corrected chi connectivity index (χ4v) is 3.70. The van der Waals surface area contributed by atoms with Crippen LogP contribution in [0, 0.1) is 0 Å². The molecule has 0 spiro atoms. The van der Waals surface area contributed by atoms with Crippen molar-refractivity contribution in [1.82, 2.24) is 24.6 Å². The molecule has 0 aliphatic carbocycles. The summed E-state index contributed by atoms with van der Waals surface area (Å²) in [6, 6.07) is 11.8. The summed E-state index contributed by atoms with van der Waals surface area (Å²) < 4.78 is 7.47. The number of benzene rings is 1. The molecular weight excluding hydrogens is 354 g/mol. The number of para-hydroxylation sites is 1. The first-order valence-corrected chi connectivity index (χ1v) is 9.24. The van der Waals surface area contributed by atoms with Crippen LogP contribution in [0.15, 0.2) is 59.5 Å². The fraction of sp³-hybridized carbons (Fsp3) is 0.238. The van der Waals surface area contributed by atoms with Gasteiger partial charge in [-0.2, -0.15) is 4.98 Å². The van der Waals surface area contributed by atoms with Crippen molar-refractivity contribution in [2.24, 2.45) is 7.05 Å². The van der Waals surface area contributed by atoms with Gasteiger partial charge in [0.25, 0.3) is 0 Å². The molecule has 0 bridgehead atoms. The molecule has 1 saturated heterocycles. The maximum absolute atomic E-state index is 12.7. The van der Waals surface area contributed by atoms with Crippen molar-refractivity contribution in [3.63, 3.8) is 0 Å². The van der Waals surface area contributed by atoms with E-state index in [1.54, 1.807) is 12.4 Å². The SMILES string of the molecule is Cn1cc(CC(=O)N2CC(c3nc(-c4ccncc4)no3)C2)c2ccccc21. The smallest absolute Gasteiger partial charge is 0.233 e. The summed E-state index contributed by atoms with van der Waals surface area (Å²) in [7, 11) is 2.01. The molecule has 0 unspecified atom stereocenters. The van der Waals surface area contributed by atoms with Gasteiger partial charge in [-0.3, -0.25) is 9.78 Å². The quantitative estimate of drug-likeness (QED) is 0.550. The highest BCUT2D eigenvalue weighted by molar-refractivity contribution is 5.89. The Balaban J connectivity index is 1.24. The zero-order valence-corrected chi connectivity index (χ0v) is 15.4. The van der Waals surface area contributed by atoms with Crippen LogP contribution in [-0.2, 0) is 18.3 Å². The van der Waals surface area contributed by atoms with Crippen molar-refractivity contribution >= 4 is 16.8 Å². The average molecular weight is 373 g/mol. The molecule has 1 aliphatic rings. The highest BCUT2D eigenvalue weighted by Gasteiger charge is 2.35. The molecule has 3 aromatic heterocycles. The molecule has 1 fully saturated rings. The van der Waals surface area contributed by atoms with Gasteiger partial charge in [0, 0.05) is 55.2 Å². The predicted octanol–water partition coefficient (Wildman–Crippen LogP) is 2.79. The summed E-state index contributed by atoms with van der Waals surface area (Å²) >= 11 is 0. The van der Waals surface area contributed by atoms with Crippen LogP contribution in [0.4, 0.5) is 0 Å². The predicted molar refractivity (Wildman–Crippen MR) is 103 cm³/mol. The number of rotatable bonds is 4. The Morgan fingerprint density at radius 1 is 1.18 bits per heavy atom. The van der Waals surface area contributed by atoms with Crippen LogP contribution in [-0.4, -0.2) is 43.6 Å². The van der Waals surface area contributed by atoms with Gasteiger partial charge in [-0.25, -0.2) is 0 Å². The van der Waals surface area contributed by atoms with Gasteiger partial charge in [0.2, 0.25) is 17.6 Å². The van der Waals surface area contributed by atoms with Crippen molar-refractivity contribution in [1.29, 1.82) is 0 Å². The molecule has 140 valence electrons. The van der Waals surface area contributed by atoms with Gasteiger partial charge in [-0.05, 0) is 23.8 Å². The second-order valence-electron chi connectivity index (χ2n) is 7.15. The number of aryl methyl sites for hydroxylation is 1. The minimum atomic E-state index is 0.0968. The standard InChI is InChI=1S/C21H19N5O2/c1-25-11-15(17-4-2-3-5-18(17)25)10-19(27)26-12-16(13-26)21-23-20(24-28-21)14-6-8-22-9-7-14/h2-9,11,16H,10,12-13H2,1H3. The molecule has 4 heterocycles. The van der Waals surface area contributed by atoms with E-state index in [1.807, 2.05) is 42.4 Å². The second-order valence-corrected chi connectivity index (χ2v) is 7.15. The van der Waals surface area contributed by atoms with Gasteiger partial charge in [-0.15, -0.1) is 0 Å². The summed E-state index contributed by atoms with van der Waals surface area (Å²) in [5.74, 6) is 1.36. The summed E-state index contributed by atoms with van der Waals surface area (Å²) in [6.07, 6.45) is 5.84.